The summed E-state index contributed by atoms with van der Waals surface area (Å²) in [7, 11) is 0. The van der Waals surface area contributed by atoms with Crippen LogP contribution in [0.2, 0.25) is 5.02 Å². The molecule has 0 saturated heterocycles. The van der Waals surface area contributed by atoms with Crippen molar-refractivity contribution in [3.05, 3.63) is 87.1 Å². The second kappa shape index (κ2) is 11.9. The molecule has 0 radical (unpaired) electrons. The largest absolute Gasteiger partial charge is 0.351 e. The molecule has 2 aromatic heterocycles. The normalized spacial score (nSPS) is 14.4. The molecule has 2 heterocycles. The van der Waals surface area contributed by atoms with E-state index in [9.17, 15) is 9.59 Å². The molecular weight excluding hydrogens is 520 g/mol. The molecule has 1 fully saturated rings. The molecule has 0 spiro atoms. The fourth-order valence-electron chi connectivity index (χ4n) is 4.70. The minimum atomic E-state index is -0.806. The predicted octanol–water partition coefficient (Wildman–Crippen LogP) is 5.19. The van der Waals surface area contributed by atoms with Gasteiger partial charge in [0.15, 0.2) is 0 Å². The van der Waals surface area contributed by atoms with Gasteiger partial charge in [-0.05, 0) is 48.1 Å². The van der Waals surface area contributed by atoms with Crippen molar-refractivity contribution < 1.29 is 9.59 Å². The van der Waals surface area contributed by atoms with Gasteiger partial charge in [0.2, 0.25) is 17.6 Å². The lowest BCUT2D eigenvalue weighted by Crippen LogP contribution is -2.46. The van der Waals surface area contributed by atoms with E-state index >= 15 is 0 Å². The standard InChI is InChI=1S/C28H29ClN6O2S/c1-19-12-14-20(15-13-19)27-31-33-35(32-27)18-25(36)34(17-21-7-2-5-10-23(21)29)26(24-11-6-16-38-24)28(37)30-22-8-3-4-9-22/h2,5-7,10-16,22,26H,3-4,8-9,17-18H2,1H3,(H,30,37). The third kappa shape index (κ3) is 6.11. The number of hydrogen-bond acceptors (Lipinski definition) is 6. The van der Waals surface area contributed by atoms with Gasteiger partial charge >= 0.3 is 0 Å². The molecule has 8 nitrogen and oxygen atoms in total. The quantitative estimate of drug-likeness (QED) is 0.310. The van der Waals surface area contributed by atoms with Gasteiger partial charge in [-0.1, -0.05) is 78.5 Å². The number of benzene rings is 2. The average Bonchev–Trinajstić information content (AvgIpc) is 3.69. The van der Waals surface area contributed by atoms with Crippen LogP contribution >= 0.6 is 22.9 Å². The van der Waals surface area contributed by atoms with Crippen molar-refractivity contribution >= 4 is 34.8 Å². The molecule has 38 heavy (non-hydrogen) atoms. The number of tetrazole rings is 1. The Balaban J connectivity index is 1.44. The number of thiophene rings is 1. The SMILES string of the molecule is Cc1ccc(-c2nnn(CC(=O)N(Cc3ccccc3Cl)C(C(=O)NC3CCCC3)c3cccs3)n2)cc1. The number of amides is 2. The average molecular weight is 549 g/mol. The molecule has 1 N–H and O–H groups in total. The van der Waals surface area contributed by atoms with Gasteiger partial charge in [0.25, 0.3) is 0 Å². The number of nitrogens with one attached hydrogen (secondary N) is 1. The van der Waals surface area contributed by atoms with Crippen molar-refractivity contribution in [2.24, 2.45) is 0 Å². The first kappa shape index (κ1) is 26.1. The number of carbonyl (C=O) groups excluding carboxylic acids is 2. The third-order valence-corrected chi connectivity index (χ3v) is 8.03. The van der Waals surface area contributed by atoms with E-state index in [0.29, 0.717) is 10.8 Å². The van der Waals surface area contributed by atoms with Crippen molar-refractivity contribution in [2.45, 2.75) is 57.8 Å². The fraction of sp³-hybridized carbons (Fsp3) is 0.321. The number of rotatable bonds is 9. The highest BCUT2D eigenvalue weighted by Crippen LogP contribution is 2.30. The van der Waals surface area contributed by atoms with E-state index in [1.807, 2.05) is 66.9 Å². The van der Waals surface area contributed by atoms with Crippen LogP contribution < -0.4 is 5.32 Å². The third-order valence-electron chi connectivity index (χ3n) is 6.73. The zero-order valence-corrected chi connectivity index (χ0v) is 22.7. The highest BCUT2D eigenvalue weighted by Gasteiger charge is 2.34. The summed E-state index contributed by atoms with van der Waals surface area (Å²) in [4.78, 5) is 31.2. The van der Waals surface area contributed by atoms with E-state index < -0.39 is 6.04 Å². The van der Waals surface area contributed by atoms with Crippen molar-refractivity contribution in [3.8, 4) is 11.4 Å². The molecule has 4 aromatic rings. The summed E-state index contributed by atoms with van der Waals surface area (Å²) in [5.41, 5.74) is 2.70. The van der Waals surface area contributed by atoms with Gasteiger partial charge in [0.05, 0.1) is 0 Å². The highest BCUT2D eigenvalue weighted by molar-refractivity contribution is 7.10. The molecule has 1 saturated carbocycles. The molecule has 5 rings (SSSR count). The van der Waals surface area contributed by atoms with Crippen molar-refractivity contribution in [2.75, 3.05) is 0 Å². The number of halogens is 1. The molecule has 1 aliphatic carbocycles. The van der Waals surface area contributed by atoms with E-state index in [2.05, 4.69) is 20.7 Å². The Morgan fingerprint density at radius 1 is 1.11 bits per heavy atom. The first-order valence-electron chi connectivity index (χ1n) is 12.7. The van der Waals surface area contributed by atoms with E-state index in [-0.39, 0.29) is 30.9 Å². The van der Waals surface area contributed by atoms with Gasteiger partial charge in [-0.15, -0.1) is 21.5 Å². The van der Waals surface area contributed by atoms with Crippen LogP contribution in [0.4, 0.5) is 0 Å². The van der Waals surface area contributed by atoms with Crippen LogP contribution in [0.15, 0.2) is 66.0 Å². The lowest BCUT2D eigenvalue weighted by Gasteiger charge is -2.31. The molecule has 2 aromatic carbocycles. The Kier molecular flexibility index (Phi) is 8.14. The molecule has 2 amide bonds. The van der Waals surface area contributed by atoms with Crippen molar-refractivity contribution in [3.63, 3.8) is 0 Å². The van der Waals surface area contributed by atoms with E-state index in [4.69, 9.17) is 11.6 Å². The molecule has 1 unspecified atom stereocenters. The molecule has 196 valence electrons. The van der Waals surface area contributed by atoms with Gasteiger partial charge in [0.1, 0.15) is 12.6 Å². The topological polar surface area (TPSA) is 93.0 Å². The second-order valence-corrected chi connectivity index (χ2v) is 10.9. The molecule has 10 heteroatoms. The van der Waals surface area contributed by atoms with Crippen molar-refractivity contribution in [1.82, 2.24) is 30.4 Å². The number of hydrogen-bond donors (Lipinski definition) is 1. The summed E-state index contributed by atoms with van der Waals surface area (Å²) in [6.45, 7) is 2.01. The number of nitrogens with zero attached hydrogens (tertiary/aromatic N) is 5. The van der Waals surface area contributed by atoms with Gasteiger partial charge in [-0.25, -0.2) is 0 Å². The first-order chi connectivity index (χ1) is 18.5. The summed E-state index contributed by atoms with van der Waals surface area (Å²) in [6.07, 6.45) is 4.09. The predicted molar refractivity (Wildman–Crippen MR) is 147 cm³/mol. The minimum Gasteiger partial charge on any atom is -0.351 e. The zero-order chi connectivity index (χ0) is 26.5. The molecule has 0 bridgehead atoms. The molecule has 1 aliphatic rings. The van der Waals surface area contributed by atoms with E-state index in [0.717, 1.165) is 47.3 Å². The Morgan fingerprint density at radius 2 is 1.87 bits per heavy atom. The van der Waals surface area contributed by atoms with Gasteiger partial charge < -0.3 is 10.2 Å². The zero-order valence-electron chi connectivity index (χ0n) is 21.1. The van der Waals surface area contributed by atoms with Gasteiger partial charge in [-0.2, -0.15) is 4.80 Å². The van der Waals surface area contributed by atoms with Crippen LogP contribution in [-0.2, 0) is 22.7 Å². The molecule has 0 aliphatic heterocycles. The van der Waals surface area contributed by atoms with Crippen LogP contribution in [0.25, 0.3) is 11.4 Å². The summed E-state index contributed by atoms with van der Waals surface area (Å²) >= 11 is 7.93. The Hall–Kier alpha value is -3.56. The molecular formula is C28H29ClN6O2S. The van der Waals surface area contributed by atoms with E-state index in [1.165, 1.54) is 16.1 Å². The fourth-order valence-corrected chi connectivity index (χ4v) is 5.73. The number of carbonyl (C=O) groups is 2. The number of aryl methyl sites for hydroxylation is 1. The lowest BCUT2D eigenvalue weighted by molar-refractivity contribution is -0.142. The summed E-state index contributed by atoms with van der Waals surface area (Å²) < 4.78 is 0. The van der Waals surface area contributed by atoms with Crippen LogP contribution in [0.5, 0.6) is 0 Å². The maximum atomic E-state index is 13.9. The van der Waals surface area contributed by atoms with E-state index in [1.54, 1.807) is 11.0 Å². The summed E-state index contributed by atoms with van der Waals surface area (Å²) in [5.74, 6) is -0.0615. The summed E-state index contributed by atoms with van der Waals surface area (Å²) in [6, 6.07) is 18.2. The van der Waals surface area contributed by atoms with Crippen LogP contribution in [0.3, 0.4) is 0 Å². The first-order valence-corrected chi connectivity index (χ1v) is 13.9. The smallest absolute Gasteiger partial charge is 0.248 e. The Morgan fingerprint density at radius 3 is 2.58 bits per heavy atom. The number of aromatic nitrogens is 4. The highest BCUT2D eigenvalue weighted by atomic mass is 35.5. The molecule has 1 atom stereocenters. The Labute approximate surface area is 230 Å². The van der Waals surface area contributed by atoms with Crippen LogP contribution in [0, 0.1) is 6.92 Å². The van der Waals surface area contributed by atoms with Crippen LogP contribution in [0.1, 0.15) is 47.7 Å². The second-order valence-electron chi connectivity index (χ2n) is 9.53. The maximum absolute atomic E-state index is 13.9. The summed E-state index contributed by atoms with van der Waals surface area (Å²) in [5, 5.41) is 18.3. The maximum Gasteiger partial charge on any atom is 0.248 e. The van der Waals surface area contributed by atoms with Crippen LogP contribution in [-0.4, -0.2) is 43.0 Å². The lowest BCUT2D eigenvalue weighted by atomic mass is 10.1. The van der Waals surface area contributed by atoms with Gasteiger partial charge in [0, 0.05) is 28.0 Å². The van der Waals surface area contributed by atoms with Crippen molar-refractivity contribution in [1.29, 1.82) is 0 Å². The Bertz CT molecular complexity index is 1380. The monoisotopic (exact) mass is 548 g/mol. The minimum absolute atomic E-state index is 0.122. The van der Waals surface area contributed by atoms with Gasteiger partial charge in [-0.3, -0.25) is 9.59 Å².